The smallest absolute Gasteiger partial charge is 0.305 e. The van der Waals surface area contributed by atoms with E-state index in [9.17, 15) is 18.0 Å². The Hall–Kier alpha value is -1.03. The first-order valence-electron chi connectivity index (χ1n) is 3.87. The number of ketones is 1. The van der Waals surface area contributed by atoms with E-state index in [1.54, 1.807) is 0 Å². The molecule has 0 aliphatic rings. The molecule has 0 aromatic heterocycles. The topological polar surface area (TPSA) is 161 Å². The Balaban J connectivity index is 4.75. The molecule has 0 aliphatic carbocycles. The Bertz CT molecular complexity index is 351. The average molecular weight is 240 g/mol. The van der Waals surface area contributed by atoms with Gasteiger partial charge in [-0.25, -0.2) is 0 Å². The molecule has 0 heterocycles. The van der Waals surface area contributed by atoms with Gasteiger partial charge < -0.3 is 16.6 Å². The van der Waals surface area contributed by atoms with Crippen LogP contribution in [0.15, 0.2) is 0 Å². The summed E-state index contributed by atoms with van der Waals surface area (Å²) in [6.07, 6.45) is -0.717. The zero-order valence-electron chi connectivity index (χ0n) is 7.66. The van der Waals surface area contributed by atoms with E-state index in [0.717, 1.165) is 0 Å². The van der Waals surface area contributed by atoms with E-state index in [4.69, 9.17) is 21.1 Å². The summed E-state index contributed by atoms with van der Waals surface area (Å²) in [5, 5.41) is 6.45. The van der Waals surface area contributed by atoms with Gasteiger partial charge in [0.25, 0.3) is 10.1 Å². The van der Waals surface area contributed by atoms with Gasteiger partial charge in [-0.15, -0.1) is 0 Å². The van der Waals surface area contributed by atoms with Crippen molar-refractivity contribution in [1.82, 2.24) is 0 Å². The summed E-state index contributed by atoms with van der Waals surface area (Å²) in [6, 6.07) is -1.50. The first kappa shape index (κ1) is 14.0. The van der Waals surface area contributed by atoms with Crippen LogP contribution in [0.4, 0.5) is 0 Å². The predicted octanol–water partition coefficient (Wildman–Crippen LogP) is -2.43. The number of carbonyl (C=O) groups is 2. The molecule has 0 radical (unpaired) electrons. The van der Waals surface area contributed by atoms with Crippen molar-refractivity contribution in [3.63, 3.8) is 0 Å². The third kappa shape index (κ3) is 4.34. The number of nitrogens with two attached hydrogens (primary N) is 2. The number of hydrogen-bond donors (Lipinski definition) is 4. The molecule has 0 amide bonds. The molecule has 6 N–H and O–H groups in total. The van der Waals surface area contributed by atoms with Crippen LogP contribution >= 0.6 is 0 Å². The van der Waals surface area contributed by atoms with Crippen molar-refractivity contribution in [3.8, 4) is 0 Å². The fourth-order valence-electron chi connectivity index (χ4n) is 0.912. The van der Waals surface area contributed by atoms with Gasteiger partial charge in [0.2, 0.25) is 0 Å². The van der Waals surface area contributed by atoms with Crippen molar-refractivity contribution in [1.29, 1.82) is 0 Å². The number of rotatable bonds is 6. The van der Waals surface area contributed by atoms with Crippen LogP contribution in [0.2, 0.25) is 0 Å². The fraction of sp³-hybridized carbons (Fsp3) is 0.667. The molecule has 2 atom stereocenters. The molecule has 8 nitrogen and oxygen atoms in total. The molecule has 0 aromatic rings. The van der Waals surface area contributed by atoms with E-state index >= 15 is 0 Å². The number of Topliss-reactive ketones (excluding diaryl/α,β-unsaturated/α-hetero) is 1. The normalized spacial score (nSPS) is 15.7. The summed E-state index contributed by atoms with van der Waals surface area (Å²) in [6.45, 7) is -0.648. The average Bonchev–Trinajstić information content (AvgIpc) is 2.01. The summed E-state index contributed by atoms with van der Waals surface area (Å²) in [5.74, 6) is -2.45. The van der Waals surface area contributed by atoms with Crippen LogP contribution in [0, 0.1) is 0 Å². The Labute approximate surface area is 86.0 Å². The summed E-state index contributed by atoms with van der Waals surface area (Å²) in [4.78, 5) is 21.4. The van der Waals surface area contributed by atoms with Gasteiger partial charge in [-0.2, -0.15) is 8.42 Å². The highest BCUT2D eigenvalue weighted by Crippen LogP contribution is 2.03. The molecule has 1 unspecified atom stereocenters. The monoisotopic (exact) mass is 240 g/mol. The third-order valence-electron chi connectivity index (χ3n) is 1.65. The molecule has 0 fully saturated rings. The first-order valence-corrected chi connectivity index (χ1v) is 5.38. The maximum Gasteiger partial charge on any atom is 0.305 e. The number of aliphatic carboxylic acids is 1. The van der Waals surface area contributed by atoms with Gasteiger partial charge >= 0.3 is 5.97 Å². The van der Waals surface area contributed by atoms with Crippen molar-refractivity contribution in [2.45, 2.75) is 17.7 Å². The van der Waals surface area contributed by atoms with E-state index in [2.05, 4.69) is 0 Å². The molecule has 0 bridgehead atoms. The summed E-state index contributed by atoms with van der Waals surface area (Å²) in [5.41, 5.74) is 10.1. The second-order valence-electron chi connectivity index (χ2n) is 2.85. The highest BCUT2D eigenvalue weighted by Gasteiger charge is 2.33. The quantitative estimate of drug-likeness (QED) is 0.372. The third-order valence-corrected chi connectivity index (χ3v) is 2.79. The summed E-state index contributed by atoms with van der Waals surface area (Å²) in [7, 11) is -4.64. The zero-order chi connectivity index (χ0) is 12.2. The molecule has 0 spiro atoms. The van der Waals surface area contributed by atoms with E-state index < -0.39 is 46.1 Å². The Morgan fingerprint density at radius 3 is 2.07 bits per heavy atom. The van der Waals surface area contributed by atoms with E-state index in [-0.39, 0.29) is 0 Å². The SMILES string of the molecule is NCC(C(=O)[C@@H](N)CC(=O)O)S(=O)(=O)O. The number of carbonyl (C=O) groups excluding carboxylic acids is 1. The van der Waals surface area contributed by atoms with Crippen LogP contribution in [0.3, 0.4) is 0 Å². The summed E-state index contributed by atoms with van der Waals surface area (Å²) >= 11 is 0. The van der Waals surface area contributed by atoms with Crippen molar-refractivity contribution < 1.29 is 27.7 Å². The van der Waals surface area contributed by atoms with Gasteiger partial charge in [-0.1, -0.05) is 0 Å². The van der Waals surface area contributed by atoms with E-state index in [1.807, 2.05) is 0 Å². The lowest BCUT2D eigenvalue weighted by Crippen LogP contribution is -2.47. The van der Waals surface area contributed by atoms with Crippen LogP contribution in [-0.4, -0.2) is 47.7 Å². The Morgan fingerprint density at radius 1 is 1.33 bits per heavy atom. The minimum Gasteiger partial charge on any atom is -0.481 e. The van der Waals surface area contributed by atoms with Gasteiger partial charge in [-0.3, -0.25) is 14.1 Å². The minimum absolute atomic E-state index is 0.648. The van der Waals surface area contributed by atoms with Crippen LogP contribution < -0.4 is 11.5 Å². The number of carboxylic acids is 1. The molecule has 88 valence electrons. The second kappa shape index (κ2) is 5.16. The molecule has 0 aliphatic heterocycles. The second-order valence-corrected chi connectivity index (χ2v) is 4.45. The minimum atomic E-state index is -4.64. The van der Waals surface area contributed by atoms with Crippen molar-refractivity contribution >= 4 is 21.9 Å². The van der Waals surface area contributed by atoms with Crippen molar-refractivity contribution in [2.75, 3.05) is 6.54 Å². The summed E-state index contributed by atoms with van der Waals surface area (Å²) < 4.78 is 29.9. The molecule has 0 aromatic carbocycles. The van der Waals surface area contributed by atoms with Gasteiger partial charge in [0.05, 0.1) is 12.5 Å². The van der Waals surface area contributed by atoms with E-state index in [1.165, 1.54) is 0 Å². The van der Waals surface area contributed by atoms with Gasteiger partial charge in [0.15, 0.2) is 11.0 Å². The largest absolute Gasteiger partial charge is 0.481 e. The van der Waals surface area contributed by atoms with Gasteiger partial charge in [-0.05, 0) is 0 Å². The van der Waals surface area contributed by atoms with Crippen LogP contribution in [0.25, 0.3) is 0 Å². The lowest BCUT2D eigenvalue weighted by Gasteiger charge is -2.14. The van der Waals surface area contributed by atoms with E-state index in [0.29, 0.717) is 0 Å². The molecule has 0 rings (SSSR count). The molecular weight excluding hydrogens is 228 g/mol. The van der Waals surface area contributed by atoms with Crippen molar-refractivity contribution in [3.05, 3.63) is 0 Å². The van der Waals surface area contributed by atoms with Crippen LogP contribution in [0.1, 0.15) is 6.42 Å². The highest BCUT2D eigenvalue weighted by molar-refractivity contribution is 7.87. The lowest BCUT2D eigenvalue weighted by molar-refractivity contribution is -0.139. The molecule has 0 saturated carbocycles. The first-order chi connectivity index (χ1) is 6.70. The van der Waals surface area contributed by atoms with Gasteiger partial charge in [0.1, 0.15) is 0 Å². The van der Waals surface area contributed by atoms with Gasteiger partial charge in [0, 0.05) is 6.54 Å². The lowest BCUT2D eigenvalue weighted by atomic mass is 10.1. The molecule has 15 heavy (non-hydrogen) atoms. The number of carboxylic acid groups (broad SMARTS) is 1. The Morgan fingerprint density at radius 2 is 1.80 bits per heavy atom. The molecular formula is C6H12N2O6S. The maximum atomic E-state index is 11.2. The number of hydrogen-bond acceptors (Lipinski definition) is 6. The maximum absolute atomic E-state index is 11.2. The molecule has 9 heteroatoms. The predicted molar refractivity (Wildman–Crippen MR) is 49.6 cm³/mol. The highest BCUT2D eigenvalue weighted by atomic mass is 32.2. The van der Waals surface area contributed by atoms with Crippen molar-refractivity contribution in [2.24, 2.45) is 11.5 Å². The molecule has 0 saturated heterocycles. The Kier molecular flexibility index (Phi) is 4.81. The standard InChI is InChI=1S/C6H12N2O6S/c7-2-4(15(12,13)14)6(11)3(8)1-5(9)10/h3-4H,1-2,7-8H2,(H,9,10)(H,12,13,14)/t3-,4?/m0/s1. The zero-order valence-corrected chi connectivity index (χ0v) is 8.48. The fourth-order valence-corrected chi connectivity index (χ4v) is 1.62. The van der Waals surface area contributed by atoms with Crippen LogP contribution in [0.5, 0.6) is 0 Å². The van der Waals surface area contributed by atoms with Crippen LogP contribution in [-0.2, 0) is 19.7 Å².